The monoisotopic (exact) mass is 327 g/mol. The van der Waals surface area contributed by atoms with Gasteiger partial charge in [-0.15, -0.1) is 0 Å². The maximum absolute atomic E-state index is 5.96. The minimum Gasteiger partial charge on any atom is -0.364 e. The summed E-state index contributed by atoms with van der Waals surface area (Å²) in [6.45, 7) is 4.79. The standard InChI is InChI=1S/C17H25N7/c1-11-15(21-10-20-11)9-19-16-8-14(12-6-13(18)7-12)22-17(23-16)24-4-2-3-5-24/h8,10,12-13H,2-7,9,18H2,1H3,(H,20,21)(H,19,22,23). The number of aromatic nitrogens is 4. The summed E-state index contributed by atoms with van der Waals surface area (Å²) in [6, 6.07) is 2.40. The average Bonchev–Trinajstić information content (AvgIpc) is 3.21. The fourth-order valence-corrected chi connectivity index (χ4v) is 3.45. The molecule has 0 aromatic carbocycles. The van der Waals surface area contributed by atoms with Gasteiger partial charge in [-0.1, -0.05) is 0 Å². The molecule has 1 aliphatic carbocycles. The van der Waals surface area contributed by atoms with Crippen LogP contribution in [0.4, 0.5) is 11.8 Å². The van der Waals surface area contributed by atoms with E-state index in [1.165, 1.54) is 12.8 Å². The number of aryl methyl sites for hydroxylation is 1. The lowest BCUT2D eigenvalue weighted by molar-refractivity contribution is 0.345. The molecular weight excluding hydrogens is 302 g/mol. The van der Waals surface area contributed by atoms with E-state index in [0.717, 1.165) is 54.8 Å². The second kappa shape index (κ2) is 6.39. The Bertz CT molecular complexity index is 699. The zero-order chi connectivity index (χ0) is 16.5. The molecule has 2 aliphatic rings. The van der Waals surface area contributed by atoms with Gasteiger partial charge in [0.05, 0.1) is 24.3 Å². The summed E-state index contributed by atoms with van der Waals surface area (Å²) >= 11 is 0. The highest BCUT2D eigenvalue weighted by Gasteiger charge is 2.30. The lowest BCUT2D eigenvalue weighted by Gasteiger charge is -2.32. The van der Waals surface area contributed by atoms with Gasteiger partial charge in [0.15, 0.2) is 0 Å². The van der Waals surface area contributed by atoms with Gasteiger partial charge in [-0.2, -0.15) is 4.98 Å². The van der Waals surface area contributed by atoms with Gasteiger partial charge in [0, 0.05) is 36.8 Å². The van der Waals surface area contributed by atoms with Gasteiger partial charge in [0.1, 0.15) is 5.82 Å². The van der Waals surface area contributed by atoms with Gasteiger partial charge < -0.3 is 20.9 Å². The number of anilines is 2. The highest BCUT2D eigenvalue weighted by Crippen LogP contribution is 2.36. The Balaban J connectivity index is 1.56. The fourth-order valence-electron chi connectivity index (χ4n) is 3.45. The zero-order valence-electron chi connectivity index (χ0n) is 14.1. The van der Waals surface area contributed by atoms with Crippen molar-refractivity contribution in [1.82, 2.24) is 19.9 Å². The van der Waals surface area contributed by atoms with Crippen LogP contribution in [-0.2, 0) is 6.54 Å². The van der Waals surface area contributed by atoms with Crippen molar-refractivity contribution in [2.75, 3.05) is 23.3 Å². The number of nitrogens with one attached hydrogen (secondary N) is 2. The molecule has 3 heterocycles. The number of imidazole rings is 1. The summed E-state index contributed by atoms with van der Waals surface area (Å²) in [7, 11) is 0. The van der Waals surface area contributed by atoms with Crippen molar-refractivity contribution in [3.8, 4) is 0 Å². The van der Waals surface area contributed by atoms with Crippen LogP contribution in [0.15, 0.2) is 12.4 Å². The van der Waals surface area contributed by atoms with Crippen LogP contribution in [0.5, 0.6) is 0 Å². The van der Waals surface area contributed by atoms with Gasteiger partial charge in [0.2, 0.25) is 5.95 Å². The predicted octanol–water partition coefficient (Wildman–Crippen LogP) is 1.93. The summed E-state index contributed by atoms with van der Waals surface area (Å²) in [4.78, 5) is 19.3. The molecule has 7 nitrogen and oxygen atoms in total. The molecule has 0 radical (unpaired) electrons. The van der Waals surface area contributed by atoms with Crippen LogP contribution < -0.4 is 16.0 Å². The molecular formula is C17H25N7. The Labute approximate surface area is 142 Å². The first-order valence-electron chi connectivity index (χ1n) is 8.81. The first-order valence-corrected chi connectivity index (χ1v) is 8.81. The van der Waals surface area contributed by atoms with Crippen LogP contribution in [-0.4, -0.2) is 39.1 Å². The number of H-pyrrole nitrogens is 1. The molecule has 7 heteroatoms. The average molecular weight is 327 g/mol. The minimum atomic E-state index is 0.323. The van der Waals surface area contributed by atoms with Crippen LogP contribution in [0.3, 0.4) is 0 Å². The van der Waals surface area contributed by atoms with E-state index in [4.69, 9.17) is 15.7 Å². The van der Waals surface area contributed by atoms with Crippen molar-refractivity contribution in [2.24, 2.45) is 5.73 Å². The van der Waals surface area contributed by atoms with Crippen molar-refractivity contribution in [3.63, 3.8) is 0 Å². The quantitative estimate of drug-likeness (QED) is 0.776. The molecule has 2 aromatic rings. The second-order valence-corrected chi connectivity index (χ2v) is 6.93. The normalized spacial score (nSPS) is 23.3. The largest absolute Gasteiger partial charge is 0.364 e. The first kappa shape index (κ1) is 15.4. The van der Waals surface area contributed by atoms with Crippen molar-refractivity contribution >= 4 is 11.8 Å². The zero-order valence-corrected chi connectivity index (χ0v) is 14.1. The van der Waals surface area contributed by atoms with E-state index in [0.29, 0.717) is 18.5 Å². The van der Waals surface area contributed by atoms with Crippen molar-refractivity contribution in [2.45, 2.75) is 51.1 Å². The number of aromatic amines is 1. The maximum atomic E-state index is 5.96. The molecule has 0 bridgehead atoms. The predicted molar refractivity (Wildman–Crippen MR) is 94.1 cm³/mol. The summed E-state index contributed by atoms with van der Waals surface area (Å²) in [6.07, 6.45) is 6.21. The van der Waals surface area contributed by atoms with E-state index in [1.807, 2.05) is 6.92 Å². The number of rotatable bonds is 5. The van der Waals surface area contributed by atoms with Gasteiger partial charge in [-0.25, -0.2) is 9.97 Å². The molecule has 0 unspecified atom stereocenters. The lowest BCUT2D eigenvalue weighted by Crippen LogP contribution is -2.35. The Kier molecular flexibility index (Phi) is 4.10. The second-order valence-electron chi connectivity index (χ2n) is 6.93. The smallest absolute Gasteiger partial charge is 0.227 e. The molecule has 0 spiro atoms. The Hall–Kier alpha value is -2.15. The van der Waals surface area contributed by atoms with Gasteiger partial charge in [-0.05, 0) is 32.6 Å². The topological polar surface area (TPSA) is 95.8 Å². The number of hydrogen-bond acceptors (Lipinski definition) is 6. The van der Waals surface area contributed by atoms with Crippen LogP contribution in [0.25, 0.3) is 0 Å². The molecule has 4 rings (SSSR count). The maximum Gasteiger partial charge on any atom is 0.227 e. The van der Waals surface area contributed by atoms with Crippen LogP contribution in [0.1, 0.15) is 48.7 Å². The van der Waals surface area contributed by atoms with Crippen LogP contribution in [0, 0.1) is 6.92 Å². The molecule has 24 heavy (non-hydrogen) atoms. The fraction of sp³-hybridized carbons (Fsp3) is 0.588. The molecule has 2 aromatic heterocycles. The number of nitrogens with zero attached hydrogens (tertiary/aromatic N) is 4. The van der Waals surface area contributed by atoms with E-state index < -0.39 is 0 Å². The van der Waals surface area contributed by atoms with E-state index in [2.05, 4.69) is 26.3 Å². The first-order chi connectivity index (χ1) is 11.7. The third kappa shape index (κ3) is 3.08. The molecule has 1 saturated heterocycles. The molecule has 1 saturated carbocycles. The summed E-state index contributed by atoms with van der Waals surface area (Å²) in [5.74, 6) is 2.20. The van der Waals surface area contributed by atoms with Crippen molar-refractivity contribution in [1.29, 1.82) is 0 Å². The highest BCUT2D eigenvalue weighted by molar-refractivity contribution is 5.46. The van der Waals surface area contributed by atoms with Crippen LogP contribution >= 0.6 is 0 Å². The van der Waals surface area contributed by atoms with E-state index in [9.17, 15) is 0 Å². The van der Waals surface area contributed by atoms with E-state index >= 15 is 0 Å². The number of hydrogen-bond donors (Lipinski definition) is 3. The molecule has 1 aliphatic heterocycles. The molecule has 2 fully saturated rings. The SMILES string of the molecule is Cc1[nH]cnc1CNc1cc(C2CC(N)C2)nc(N2CCCC2)n1. The molecule has 0 atom stereocenters. The van der Waals surface area contributed by atoms with Crippen molar-refractivity contribution in [3.05, 3.63) is 29.5 Å². The van der Waals surface area contributed by atoms with E-state index in [-0.39, 0.29) is 0 Å². The highest BCUT2D eigenvalue weighted by atomic mass is 15.3. The number of nitrogens with two attached hydrogens (primary N) is 1. The van der Waals surface area contributed by atoms with Crippen LogP contribution in [0.2, 0.25) is 0 Å². The summed E-state index contributed by atoms with van der Waals surface area (Å²) in [5, 5.41) is 3.41. The third-order valence-corrected chi connectivity index (χ3v) is 5.09. The summed E-state index contributed by atoms with van der Waals surface area (Å²) < 4.78 is 0. The van der Waals surface area contributed by atoms with E-state index in [1.54, 1.807) is 6.33 Å². The Morgan fingerprint density at radius 3 is 2.75 bits per heavy atom. The molecule has 128 valence electrons. The Morgan fingerprint density at radius 1 is 1.29 bits per heavy atom. The van der Waals surface area contributed by atoms with Crippen molar-refractivity contribution < 1.29 is 0 Å². The van der Waals surface area contributed by atoms with Gasteiger partial charge >= 0.3 is 0 Å². The molecule has 4 N–H and O–H groups in total. The van der Waals surface area contributed by atoms with Gasteiger partial charge in [0.25, 0.3) is 0 Å². The molecule has 0 amide bonds. The Morgan fingerprint density at radius 2 is 2.08 bits per heavy atom. The summed E-state index contributed by atoms with van der Waals surface area (Å²) in [5.41, 5.74) is 9.18. The van der Waals surface area contributed by atoms with Gasteiger partial charge in [-0.3, -0.25) is 0 Å². The minimum absolute atomic E-state index is 0.323. The lowest BCUT2D eigenvalue weighted by atomic mass is 9.78. The third-order valence-electron chi connectivity index (χ3n) is 5.09.